The summed E-state index contributed by atoms with van der Waals surface area (Å²) in [6.07, 6.45) is 5.93. The Balaban J connectivity index is 1.78. The van der Waals surface area contributed by atoms with Crippen molar-refractivity contribution < 1.29 is 0 Å². The molecule has 0 saturated heterocycles. The predicted octanol–water partition coefficient (Wildman–Crippen LogP) is 5.43. The van der Waals surface area contributed by atoms with E-state index >= 15 is 0 Å². The van der Waals surface area contributed by atoms with Gasteiger partial charge in [-0.15, -0.1) is 0 Å². The second-order valence-electron chi connectivity index (χ2n) is 6.12. The molecule has 0 radical (unpaired) electrons. The van der Waals surface area contributed by atoms with Crippen molar-refractivity contribution in [3.05, 3.63) is 74.9 Å². The fraction of sp³-hybridized carbons (Fsp3) is 0.263. The fourth-order valence-corrected chi connectivity index (χ4v) is 4.18. The smallest absolute Gasteiger partial charge is 0.0553 e. The number of aryl methyl sites for hydroxylation is 1. The van der Waals surface area contributed by atoms with Gasteiger partial charge in [-0.1, -0.05) is 42.0 Å². The molecule has 21 heavy (non-hydrogen) atoms. The zero-order valence-electron chi connectivity index (χ0n) is 12.0. The van der Waals surface area contributed by atoms with Gasteiger partial charge in [-0.3, -0.25) is 0 Å². The van der Waals surface area contributed by atoms with E-state index in [1.807, 2.05) is 0 Å². The van der Waals surface area contributed by atoms with Gasteiger partial charge in [0.25, 0.3) is 0 Å². The van der Waals surface area contributed by atoms with Crippen LogP contribution in [0.4, 0.5) is 5.69 Å². The maximum absolute atomic E-state index is 3.79. The monoisotopic (exact) mass is 387 g/mol. The SMILES string of the molecule is Cc1ccc([C@@H]2Nc3ccc(I)cc3[C@@H]3C=CC[C@@H]32)cc1. The minimum absolute atomic E-state index is 0.415. The molecular formula is C19H18IN. The van der Waals surface area contributed by atoms with E-state index in [9.17, 15) is 0 Å². The van der Waals surface area contributed by atoms with Gasteiger partial charge < -0.3 is 5.32 Å². The molecule has 1 aliphatic heterocycles. The Hall–Kier alpha value is -1.29. The average molecular weight is 387 g/mol. The summed E-state index contributed by atoms with van der Waals surface area (Å²) >= 11 is 2.41. The second-order valence-corrected chi connectivity index (χ2v) is 7.36. The summed E-state index contributed by atoms with van der Waals surface area (Å²) in [5.74, 6) is 1.20. The lowest BCUT2D eigenvalue weighted by atomic mass is 9.77. The summed E-state index contributed by atoms with van der Waals surface area (Å²) < 4.78 is 1.32. The van der Waals surface area contributed by atoms with E-state index in [2.05, 4.69) is 89.4 Å². The van der Waals surface area contributed by atoms with Crippen molar-refractivity contribution in [3.8, 4) is 0 Å². The Morgan fingerprint density at radius 2 is 1.90 bits per heavy atom. The van der Waals surface area contributed by atoms with Crippen LogP contribution >= 0.6 is 22.6 Å². The van der Waals surface area contributed by atoms with Crippen LogP contribution in [0, 0.1) is 16.4 Å². The van der Waals surface area contributed by atoms with Gasteiger partial charge in [0, 0.05) is 15.2 Å². The number of hydrogen-bond donors (Lipinski definition) is 1. The molecule has 2 aromatic carbocycles. The third-order valence-corrected chi connectivity index (χ3v) is 5.43. The molecule has 0 spiro atoms. The van der Waals surface area contributed by atoms with Crippen LogP contribution in [-0.4, -0.2) is 0 Å². The molecule has 2 aliphatic rings. The summed E-state index contributed by atoms with van der Waals surface area (Å²) in [5.41, 5.74) is 5.49. The van der Waals surface area contributed by atoms with Crippen molar-refractivity contribution in [1.29, 1.82) is 0 Å². The number of nitrogens with one attached hydrogen (secondary N) is 1. The second kappa shape index (κ2) is 5.16. The van der Waals surface area contributed by atoms with E-state index in [1.54, 1.807) is 0 Å². The summed E-state index contributed by atoms with van der Waals surface area (Å²) in [6.45, 7) is 2.15. The number of allylic oxidation sites excluding steroid dienone is 2. The highest BCUT2D eigenvalue weighted by atomic mass is 127. The predicted molar refractivity (Wildman–Crippen MR) is 96.7 cm³/mol. The molecule has 0 aromatic heterocycles. The van der Waals surface area contributed by atoms with Gasteiger partial charge in [0.2, 0.25) is 0 Å². The van der Waals surface area contributed by atoms with Crippen LogP contribution in [-0.2, 0) is 0 Å². The molecule has 2 heteroatoms. The lowest BCUT2D eigenvalue weighted by Gasteiger charge is -2.37. The number of rotatable bonds is 1. The van der Waals surface area contributed by atoms with Crippen LogP contribution in [0.1, 0.15) is 35.1 Å². The number of fused-ring (bicyclic) bond motifs is 3. The van der Waals surface area contributed by atoms with Crippen LogP contribution in [0.2, 0.25) is 0 Å². The molecule has 0 fully saturated rings. The Labute approximate surface area is 139 Å². The van der Waals surface area contributed by atoms with Gasteiger partial charge in [-0.05, 0) is 71.2 Å². The van der Waals surface area contributed by atoms with E-state index in [0.29, 0.717) is 17.9 Å². The Morgan fingerprint density at radius 1 is 1.10 bits per heavy atom. The van der Waals surface area contributed by atoms with E-state index < -0.39 is 0 Å². The van der Waals surface area contributed by atoms with Gasteiger partial charge in [-0.25, -0.2) is 0 Å². The molecule has 0 amide bonds. The Bertz CT molecular complexity index is 702. The first-order valence-corrected chi connectivity index (χ1v) is 8.59. The van der Waals surface area contributed by atoms with Gasteiger partial charge >= 0.3 is 0 Å². The minimum Gasteiger partial charge on any atom is -0.378 e. The number of hydrogen-bond acceptors (Lipinski definition) is 1. The van der Waals surface area contributed by atoms with Crippen molar-refractivity contribution in [1.82, 2.24) is 0 Å². The average Bonchev–Trinajstić information content (AvgIpc) is 2.97. The first-order chi connectivity index (χ1) is 10.2. The highest BCUT2D eigenvalue weighted by molar-refractivity contribution is 14.1. The number of anilines is 1. The standard InChI is InChI=1S/C19H18IN/c1-12-5-7-13(8-6-12)19-16-4-2-3-15(16)17-11-14(20)9-10-18(17)21-19/h2-3,5-11,15-16,19,21H,4H2,1H3/t15-,16+,19+/m1/s1. The fourth-order valence-electron chi connectivity index (χ4n) is 3.67. The van der Waals surface area contributed by atoms with E-state index in [0.717, 1.165) is 0 Å². The largest absolute Gasteiger partial charge is 0.378 e. The summed E-state index contributed by atoms with van der Waals surface area (Å²) in [7, 11) is 0. The van der Waals surface area contributed by atoms with Crippen LogP contribution in [0.5, 0.6) is 0 Å². The molecule has 0 saturated carbocycles. The number of benzene rings is 2. The van der Waals surface area contributed by atoms with Crippen molar-refractivity contribution in [2.24, 2.45) is 5.92 Å². The van der Waals surface area contributed by atoms with Gasteiger partial charge in [-0.2, -0.15) is 0 Å². The van der Waals surface area contributed by atoms with Crippen LogP contribution in [0.3, 0.4) is 0 Å². The van der Waals surface area contributed by atoms with Crippen LogP contribution in [0.15, 0.2) is 54.6 Å². The molecule has 4 rings (SSSR count). The van der Waals surface area contributed by atoms with Gasteiger partial charge in [0.15, 0.2) is 0 Å². The first-order valence-electron chi connectivity index (χ1n) is 7.51. The van der Waals surface area contributed by atoms with Crippen molar-refractivity contribution in [2.45, 2.75) is 25.3 Å². The van der Waals surface area contributed by atoms with Crippen LogP contribution in [0.25, 0.3) is 0 Å². The van der Waals surface area contributed by atoms with Crippen molar-refractivity contribution in [3.63, 3.8) is 0 Å². The van der Waals surface area contributed by atoms with E-state index in [1.165, 1.54) is 32.4 Å². The van der Waals surface area contributed by atoms with E-state index in [-0.39, 0.29) is 0 Å². The summed E-state index contributed by atoms with van der Waals surface area (Å²) in [6, 6.07) is 16.2. The maximum atomic E-state index is 3.79. The van der Waals surface area contributed by atoms with Gasteiger partial charge in [0.1, 0.15) is 0 Å². The minimum atomic E-state index is 0.415. The molecule has 3 atom stereocenters. The molecule has 106 valence electrons. The third-order valence-electron chi connectivity index (χ3n) is 4.76. The Kier molecular flexibility index (Phi) is 3.29. The topological polar surface area (TPSA) is 12.0 Å². The molecule has 0 bridgehead atoms. The summed E-state index contributed by atoms with van der Waals surface area (Å²) in [4.78, 5) is 0. The third kappa shape index (κ3) is 2.30. The Morgan fingerprint density at radius 3 is 2.71 bits per heavy atom. The zero-order valence-corrected chi connectivity index (χ0v) is 14.2. The van der Waals surface area contributed by atoms with Crippen LogP contribution < -0.4 is 5.32 Å². The zero-order chi connectivity index (χ0) is 14.4. The molecular weight excluding hydrogens is 369 g/mol. The molecule has 0 unspecified atom stereocenters. The molecule has 2 aromatic rings. The normalized spacial score (nSPS) is 26.1. The van der Waals surface area contributed by atoms with Gasteiger partial charge in [0.05, 0.1) is 6.04 Å². The van der Waals surface area contributed by atoms with Crippen molar-refractivity contribution >= 4 is 28.3 Å². The number of halogens is 1. The quantitative estimate of drug-likeness (QED) is 0.509. The lowest BCUT2D eigenvalue weighted by Crippen LogP contribution is -2.29. The molecule has 1 aliphatic carbocycles. The highest BCUT2D eigenvalue weighted by Crippen LogP contribution is 2.49. The molecule has 1 nitrogen and oxygen atoms in total. The first kappa shape index (κ1) is 13.4. The maximum Gasteiger partial charge on any atom is 0.0553 e. The molecule has 1 heterocycles. The molecule has 1 N–H and O–H groups in total. The lowest BCUT2D eigenvalue weighted by molar-refractivity contribution is 0.425. The van der Waals surface area contributed by atoms with E-state index in [4.69, 9.17) is 0 Å². The highest BCUT2D eigenvalue weighted by Gasteiger charge is 2.37. The van der Waals surface area contributed by atoms with Crippen molar-refractivity contribution in [2.75, 3.05) is 5.32 Å². The summed E-state index contributed by atoms with van der Waals surface area (Å²) in [5, 5.41) is 3.79.